The molecule has 3 rings (SSSR count). The number of alkyl halides is 3. The van der Waals surface area contributed by atoms with Crippen molar-refractivity contribution in [2.24, 2.45) is 4.99 Å². The SMILES string of the molecule is O=S(=O)(NC1=NCCCCC1)c1ccc(NS(=O)(=O)c2ccc(F)c(C(F)(F)F)c2)cc1. The molecule has 1 aliphatic heterocycles. The fraction of sp³-hybridized carbons (Fsp3) is 0.316. The summed E-state index contributed by atoms with van der Waals surface area (Å²) in [6.07, 6.45) is -1.95. The van der Waals surface area contributed by atoms with Crippen molar-refractivity contribution in [3.05, 3.63) is 53.8 Å². The van der Waals surface area contributed by atoms with Gasteiger partial charge in [0.15, 0.2) is 0 Å². The Morgan fingerprint density at radius 2 is 1.44 bits per heavy atom. The lowest BCUT2D eigenvalue weighted by molar-refractivity contribution is -0.140. The monoisotopic (exact) mass is 493 g/mol. The maximum atomic E-state index is 13.4. The highest BCUT2D eigenvalue weighted by Crippen LogP contribution is 2.33. The first-order valence-electron chi connectivity index (χ1n) is 9.44. The second-order valence-electron chi connectivity index (χ2n) is 7.01. The standard InChI is InChI=1S/C19H19F4N3O4S2/c20-17-10-9-15(12-16(17)19(21,22)23)32(29,30)25-13-5-7-14(8-6-13)31(27,28)26-18-4-2-1-3-11-24-18/h5-10,12,25H,1-4,11H2,(H,24,26). The molecule has 0 radical (unpaired) electrons. The maximum absolute atomic E-state index is 13.4. The molecule has 2 aromatic rings. The van der Waals surface area contributed by atoms with E-state index in [1.165, 1.54) is 0 Å². The summed E-state index contributed by atoms with van der Waals surface area (Å²) in [6, 6.07) is 5.88. The van der Waals surface area contributed by atoms with Crippen molar-refractivity contribution in [3.63, 3.8) is 0 Å². The lowest BCUT2D eigenvalue weighted by Crippen LogP contribution is -2.30. The number of benzene rings is 2. The zero-order chi connectivity index (χ0) is 23.6. The highest BCUT2D eigenvalue weighted by atomic mass is 32.2. The first kappa shape index (κ1) is 24.0. The second-order valence-corrected chi connectivity index (χ2v) is 10.4. The third-order valence-corrected chi connectivity index (χ3v) is 7.37. The summed E-state index contributed by atoms with van der Waals surface area (Å²) in [6.45, 7) is 0.526. The Balaban J connectivity index is 1.78. The van der Waals surface area contributed by atoms with Gasteiger partial charge in [0.05, 0.1) is 15.4 Å². The number of nitrogens with zero attached hydrogens (tertiary/aromatic N) is 1. The molecule has 32 heavy (non-hydrogen) atoms. The lowest BCUT2D eigenvalue weighted by Gasteiger charge is -2.13. The van der Waals surface area contributed by atoms with E-state index in [2.05, 4.69) is 9.71 Å². The van der Waals surface area contributed by atoms with Crippen LogP contribution < -0.4 is 9.44 Å². The average Bonchev–Trinajstić information content (AvgIpc) is 2.95. The van der Waals surface area contributed by atoms with Gasteiger partial charge in [-0.1, -0.05) is 6.42 Å². The maximum Gasteiger partial charge on any atom is 0.419 e. The number of nitrogens with one attached hydrogen (secondary N) is 2. The Bertz CT molecular complexity index is 1230. The predicted octanol–water partition coefficient (Wildman–Crippen LogP) is 3.90. The summed E-state index contributed by atoms with van der Waals surface area (Å²) in [5, 5.41) is 0. The highest BCUT2D eigenvalue weighted by Gasteiger charge is 2.35. The van der Waals surface area contributed by atoms with Crippen LogP contribution in [0.2, 0.25) is 0 Å². The van der Waals surface area contributed by atoms with Crippen molar-refractivity contribution < 1.29 is 34.4 Å². The molecule has 0 aromatic heterocycles. The first-order chi connectivity index (χ1) is 14.9. The van der Waals surface area contributed by atoms with Gasteiger partial charge in [0, 0.05) is 18.7 Å². The van der Waals surface area contributed by atoms with Gasteiger partial charge in [-0.25, -0.2) is 21.2 Å². The predicted molar refractivity (Wildman–Crippen MR) is 110 cm³/mol. The third kappa shape index (κ3) is 5.76. The van der Waals surface area contributed by atoms with Crippen LogP contribution in [0.15, 0.2) is 57.2 Å². The van der Waals surface area contributed by atoms with Gasteiger partial charge in [-0.2, -0.15) is 13.2 Å². The number of anilines is 1. The molecule has 0 bridgehead atoms. The molecule has 7 nitrogen and oxygen atoms in total. The van der Waals surface area contributed by atoms with Crippen molar-refractivity contribution in [1.82, 2.24) is 4.72 Å². The molecule has 1 aliphatic rings. The molecule has 174 valence electrons. The topological polar surface area (TPSA) is 105 Å². The van der Waals surface area contributed by atoms with E-state index in [0.717, 1.165) is 43.5 Å². The van der Waals surface area contributed by atoms with Gasteiger partial charge in [-0.05, 0) is 55.3 Å². The van der Waals surface area contributed by atoms with E-state index in [1.807, 2.05) is 4.72 Å². The normalized spacial score (nSPS) is 15.6. The Morgan fingerprint density at radius 1 is 0.812 bits per heavy atom. The summed E-state index contributed by atoms with van der Waals surface area (Å²) >= 11 is 0. The lowest BCUT2D eigenvalue weighted by atomic mass is 10.2. The Morgan fingerprint density at radius 3 is 2.09 bits per heavy atom. The zero-order valence-corrected chi connectivity index (χ0v) is 18.1. The third-order valence-electron chi connectivity index (χ3n) is 4.60. The molecule has 2 N–H and O–H groups in total. The minimum atomic E-state index is -5.07. The molecule has 0 amide bonds. The number of sulfonamides is 2. The van der Waals surface area contributed by atoms with E-state index < -0.39 is 42.5 Å². The average molecular weight is 494 g/mol. The van der Waals surface area contributed by atoms with Crippen LogP contribution >= 0.6 is 0 Å². The zero-order valence-electron chi connectivity index (χ0n) is 16.5. The molecule has 0 spiro atoms. The van der Waals surface area contributed by atoms with Crippen LogP contribution in [-0.4, -0.2) is 29.2 Å². The fourth-order valence-corrected chi connectivity index (χ4v) is 5.15. The van der Waals surface area contributed by atoms with Crippen molar-refractivity contribution >= 4 is 31.6 Å². The quantitative estimate of drug-likeness (QED) is 0.617. The van der Waals surface area contributed by atoms with E-state index in [9.17, 15) is 34.4 Å². The van der Waals surface area contributed by atoms with E-state index in [0.29, 0.717) is 30.9 Å². The van der Waals surface area contributed by atoms with Gasteiger partial charge in [-0.3, -0.25) is 14.4 Å². The number of amidine groups is 1. The second kappa shape index (κ2) is 9.06. The number of hydrogen-bond donors (Lipinski definition) is 2. The molecule has 13 heteroatoms. The largest absolute Gasteiger partial charge is 0.419 e. The molecular weight excluding hydrogens is 474 g/mol. The van der Waals surface area contributed by atoms with Crippen LogP contribution in [0.25, 0.3) is 0 Å². The number of rotatable bonds is 5. The van der Waals surface area contributed by atoms with Crippen molar-refractivity contribution in [2.75, 3.05) is 11.3 Å². The first-order valence-corrected chi connectivity index (χ1v) is 12.4. The van der Waals surface area contributed by atoms with Crippen molar-refractivity contribution in [1.29, 1.82) is 0 Å². The summed E-state index contributed by atoms with van der Waals surface area (Å²) < 4.78 is 106. The summed E-state index contributed by atoms with van der Waals surface area (Å²) in [4.78, 5) is 3.25. The van der Waals surface area contributed by atoms with Crippen molar-refractivity contribution in [2.45, 2.75) is 41.7 Å². The summed E-state index contributed by atoms with van der Waals surface area (Å²) in [5.74, 6) is -1.25. The highest BCUT2D eigenvalue weighted by molar-refractivity contribution is 7.92. The van der Waals surface area contributed by atoms with E-state index in [4.69, 9.17) is 0 Å². The number of aliphatic imine (C=N–C) groups is 1. The van der Waals surface area contributed by atoms with Crippen LogP contribution in [0, 0.1) is 5.82 Å². The molecule has 2 aromatic carbocycles. The molecule has 0 saturated carbocycles. The van der Waals surface area contributed by atoms with Crippen molar-refractivity contribution in [3.8, 4) is 0 Å². The summed E-state index contributed by atoms with van der Waals surface area (Å²) in [7, 11) is -8.43. The smallest absolute Gasteiger partial charge is 0.280 e. The van der Waals surface area contributed by atoms with E-state index in [-0.39, 0.29) is 16.6 Å². The van der Waals surface area contributed by atoms with Gasteiger partial charge in [0.25, 0.3) is 20.0 Å². The van der Waals surface area contributed by atoms with Gasteiger partial charge < -0.3 is 0 Å². The summed E-state index contributed by atoms with van der Waals surface area (Å²) in [5.41, 5.74) is -1.80. The van der Waals surface area contributed by atoms with Gasteiger partial charge in [0.1, 0.15) is 11.7 Å². The number of hydrogen-bond acceptors (Lipinski definition) is 5. The van der Waals surface area contributed by atoms with Gasteiger partial charge >= 0.3 is 6.18 Å². The van der Waals surface area contributed by atoms with Crippen LogP contribution in [0.4, 0.5) is 23.2 Å². The minimum Gasteiger partial charge on any atom is -0.280 e. The molecule has 0 fully saturated rings. The molecule has 1 heterocycles. The van der Waals surface area contributed by atoms with Gasteiger partial charge in [-0.15, -0.1) is 0 Å². The van der Waals surface area contributed by atoms with E-state index >= 15 is 0 Å². The Hall–Kier alpha value is -2.67. The Kier molecular flexibility index (Phi) is 6.79. The molecule has 0 saturated heterocycles. The number of halogens is 4. The molecular formula is C19H19F4N3O4S2. The van der Waals surface area contributed by atoms with Crippen LogP contribution in [0.5, 0.6) is 0 Å². The minimum absolute atomic E-state index is 0.0892. The van der Waals surface area contributed by atoms with Crippen LogP contribution in [0.1, 0.15) is 31.2 Å². The molecule has 0 aliphatic carbocycles. The van der Waals surface area contributed by atoms with Gasteiger partial charge in [0.2, 0.25) is 0 Å². The van der Waals surface area contributed by atoms with E-state index in [1.54, 1.807) is 0 Å². The van der Waals surface area contributed by atoms with Crippen LogP contribution in [0.3, 0.4) is 0 Å². The Labute approximate surface area is 182 Å². The molecule has 0 unspecified atom stereocenters. The molecule has 0 atom stereocenters. The fourth-order valence-electron chi connectivity index (χ4n) is 2.98. The van der Waals surface area contributed by atoms with Crippen LogP contribution in [-0.2, 0) is 26.2 Å².